The number of nitrogens with zero attached hydrogens (tertiary/aromatic N) is 4. The Morgan fingerprint density at radius 2 is 1.11 bits per heavy atom. The van der Waals surface area contributed by atoms with Crippen LogP contribution in [0.5, 0.6) is 5.95 Å². The second kappa shape index (κ2) is 53.8. The van der Waals surface area contributed by atoms with Crippen LogP contribution in [-0.4, -0.2) is 176 Å². The number of aliphatic hydroxyl groups is 1. The Hall–Kier alpha value is -5.78. The Morgan fingerprint density at radius 1 is 0.722 bits per heavy atom. The van der Waals surface area contributed by atoms with Crippen LogP contribution in [0.2, 0.25) is 0 Å². The van der Waals surface area contributed by atoms with Crippen LogP contribution in [0, 0.1) is 17.8 Å². The van der Waals surface area contributed by atoms with Gasteiger partial charge >= 0.3 is 97.1 Å². The Morgan fingerprint density at radius 3 is 1.41 bits per heavy atom. The number of aliphatic imine (C=N–C) groups is 2. The van der Waals surface area contributed by atoms with E-state index >= 15 is 0 Å². The summed E-state index contributed by atoms with van der Waals surface area (Å²) in [6, 6.07) is 20.1. The van der Waals surface area contributed by atoms with Gasteiger partial charge in [-0.3, -0.25) is 29.0 Å². The summed E-state index contributed by atoms with van der Waals surface area (Å²) in [5, 5.41) is 55.1. The number of carbonyl (C=O) groups is 7. The van der Waals surface area contributed by atoms with Crippen molar-refractivity contribution in [3.8, 4) is 5.95 Å². The maximum atomic E-state index is 12.2. The number of benzene rings is 2. The van der Waals surface area contributed by atoms with Gasteiger partial charge in [-0.2, -0.15) is 15.1 Å². The number of nitrogens with two attached hydrogens (primary N) is 1. The number of carboxylic acids is 3. The molecule has 1 amide bonds. The summed E-state index contributed by atoms with van der Waals surface area (Å²) >= 11 is 4.74. The van der Waals surface area contributed by atoms with Gasteiger partial charge < -0.3 is 65.4 Å². The summed E-state index contributed by atoms with van der Waals surface area (Å²) in [5.74, 6) is -7.26. The fraction of sp³-hybridized carbons (Fsp3) is 0.586. The number of H-pyrrole nitrogens is 1. The third-order valence-electron chi connectivity index (χ3n) is 12.5. The summed E-state index contributed by atoms with van der Waals surface area (Å²) in [6.45, 7) is 10.2. The van der Waals surface area contributed by atoms with Crippen molar-refractivity contribution in [1.29, 1.82) is 0 Å². The molecule has 2 aliphatic heterocycles. The summed E-state index contributed by atoms with van der Waals surface area (Å²) in [6.07, 6.45) is 12.0. The van der Waals surface area contributed by atoms with E-state index in [2.05, 4.69) is 65.7 Å². The van der Waals surface area contributed by atoms with Crippen molar-refractivity contribution in [3.05, 3.63) is 88.5 Å². The van der Waals surface area contributed by atoms with Crippen LogP contribution >= 0.6 is 40.0 Å². The minimum atomic E-state index is -1.14. The first kappa shape index (κ1) is 90.6. The largest absolute Gasteiger partial charge is 0.0623 e. The number of hydrogen-bond donors (Lipinski definition) is 10. The fourth-order valence-corrected chi connectivity index (χ4v) is 8.30. The summed E-state index contributed by atoms with van der Waals surface area (Å²) in [7, 11) is 4.30. The number of nitrogens with one attached hydrogen (secondary N) is 3. The van der Waals surface area contributed by atoms with Gasteiger partial charge in [0.05, 0.1) is 24.5 Å². The van der Waals surface area contributed by atoms with Gasteiger partial charge in [0.15, 0.2) is 30.5 Å². The van der Waals surface area contributed by atoms with Gasteiger partial charge in [-0.25, -0.2) is 24.4 Å². The first-order valence-corrected chi connectivity index (χ1v) is 36.5. The molecule has 4 fully saturated rings. The monoisotopic (exact) mass is 1540 g/mol. The Bertz CT molecular complexity index is 2550. The average molecular weight is 1540 g/mol. The smallest absolute Gasteiger partial charge is 0.0623 e. The van der Waals surface area contributed by atoms with Gasteiger partial charge in [-0.15, -0.1) is 0 Å². The Kier molecular flexibility index (Phi) is 54.2. The zero-order valence-electron chi connectivity index (χ0n) is 50.5. The van der Waals surface area contributed by atoms with Gasteiger partial charge in [0.25, 0.3) is 0 Å². The topological polar surface area (TPSA) is 439 Å². The van der Waals surface area contributed by atoms with Gasteiger partial charge in [0, 0.05) is 21.3 Å². The normalized spacial score (nSPS) is 18.3. The molecule has 0 bridgehead atoms. The Balaban J connectivity index is -0.000000502. The first-order valence-electron chi connectivity index (χ1n) is 27.5. The molecule has 29 nitrogen and oxygen atoms in total. The fourth-order valence-electron chi connectivity index (χ4n) is 8.30. The standard InChI is InChI=1S/C17H22N2O6.C13H22N2.C9H16N2O5.C6H6.C5H11NO3.C4H3NO4.CO2.CH4O.2CH4.2HI.V/c1-10(2)14(16(21)22)19-15(24-3)13(17(23)25-19)18-12(20)9-11-7-5-4-6-8-11;1-3-7-12(8-4-1)14-11-15-13-9-5-2-6-10-13;1-4(2)6(8(12)13)11-7(15-3)5(10)9(14)16-11;1-2-4-6-5-3-1;1-3(2)4(6-9)5(7)8;6-1-2-3(7)9-4(8)5-2;2-1-3;1-2;;;;;/h4-8,10,13-15H,9H2,1-3H3,(H,18,20)(H,21,22);12-13H,1-10H2;4-7H,10H2,1-3H3,(H,12,13);1-6H;3-4,6,9H,1-2H3,(H,7,8);1,7H,(H,5,8);;2H,1H3;2*1H4;2*1H;/q;;;;;;;;;;;;+2/p-2. The van der Waals surface area contributed by atoms with E-state index in [-0.39, 0.29) is 56.8 Å². The Labute approximate surface area is 554 Å². The molecule has 2 saturated carbocycles. The van der Waals surface area contributed by atoms with Gasteiger partial charge in [-0.1, -0.05) is 172 Å². The summed E-state index contributed by atoms with van der Waals surface area (Å²) < 4.78 is 14.2. The van der Waals surface area contributed by atoms with Gasteiger partial charge in [0.2, 0.25) is 5.91 Å². The zero-order chi connectivity index (χ0) is 67.3. The number of halogens is 2. The molecule has 2 saturated heterocycles. The van der Waals surface area contributed by atoms with Crippen LogP contribution in [0.25, 0.3) is 0 Å². The number of amides is 1. The molecule has 0 radical (unpaired) electrons. The van der Waals surface area contributed by atoms with E-state index in [1.54, 1.807) is 59.2 Å². The molecule has 1 aromatic heterocycles. The van der Waals surface area contributed by atoms with Crippen molar-refractivity contribution >= 4 is 94.2 Å². The van der Waals surface area contributed by atoms with E-state index in [1.807, 2.05) is 59.6 Å². The number of aromatic hydroxyl groups is 1. The van der Waals surface area contributed by atoms with Crippen LogP contribution in [0.15, 0.2) is 85.9 Å². The van der Waals surface area contributed by atoms with Crippen LogP contribution in [-0.2, 0) is 73.4 Å². The molecule has 32 heteroatoms. The van der Waals surface area contributed by atoms with E-state index in [4.69, 9.17) is 60.1 Å². The van der Waals surface area contributed by atoms with Crippen molar-refractivity contribution in [1.82, 2.24) is 25.9 Å². The molecule has 11 N–H and O–H groups in total. The minimum Gasteiger partial charge on any atom is -0.0623 e. The molecular weight excluding hydrogens is 1450 g/mol. The van der Waals surface area contributed by atoms with E-state index in [0.29, 0.717) is 27.8 Å². The molecule has 509 valence electrons. The molecule has 7 atom stereocenters. The SMILES string of the molecule is C.C.C(=NC1CCCCC1)=NC1CCCCC1.CC(C)C(NO)C(=O)O.CO.COC1C(N)C(=O)ON1C(C(=O)O)C(C)C.COC1C(NC(=O)Cc2ccccc2)C(=O)ON1C(C(=O)O)C(C)C.O=C=O.O=Cc1[nH]c(=O)oc1O.[I][V][I].c1ccccc1. The third kappa shape index (κ3) is 36.3. The number of aldehydes is 1. The molecule has 7 rings (SSSR count). The number of ether oxygens (including phenoxy) is 2. The van der Waals surface area contributed by atoms with Crippen molar-refractivity contribution in [2.24, 2.45) is 33.5 Å². The zero-order valence-corrected chi connectivity index (χ0v) is 56.2. The predicted molar refractivity (Wildman–Crippen MR) is 342 cm³/mol. The summed E-state index contributed by atoms with van der Waals surface area (Å²) in [5.41, 5.74) is 7.79. The second-order valence-corrected chi connectivity index (χ2v) is 31.7. The number of carboxylic acid groups (broad SMARTS) is 3. The van der Waals surface area contributed by atoms with E-state index in [9.17, 15) is 43.5 Å². The molecule has 0 spiro atoms. The van der Waals surface area contributed by atoms with Crippen LogP contribution in [0.3, 0.4) is 0 Å². The number of hydroxylamine groups is 5. The first-order chi connectivity index (χ1) is 41.8. The minimum absolute atomic E-state index is 0. The molecular formula is C58H92I2N8O21V. The number of oxazole rings is 1. The molecule has 2 aliphatic carbocycles. The molecule has 3 heterocycles. The third-order valence-corrected chi connectivity index (χ3v) is 12.5. The van der Waals surface area contributed by atoms with Crippen LogP contribution in [0.4, 0.5) is 0 Å². The average Bonchev–Trinajstić information content (AvgIpc) is 2.03. The van der Waals surface area contributed by atoms with Crippen LogP contribution < -0.4 is 22.3 Å². The maximum Gasteiger partial charge on any atom is -0.0623 e. The molecule has 7 unspecified atom stereocenters. The molecule has 2 aromatic carbocycles. The molecule has 3 aromatic rings. The number of aliphatic hydroxyl groups excluding tert-OH is 1. The van der Waals surface area contributed by atoms with Crippen molar-refractivity contribution in [2.45, 2.75) is 182 Å². The predicted octanol–water partition coefficient (Wildman–Crippen LogP) is 6.88. The van der Waals surface area contributed by atoms with Crippen molar-refractivity contribution in [2.75, 3.05) is 21.3 Å². The van der Waals surface area contributed by atoms with Gasteiger partial charge in [0.1, 0.15) is 24.2 Å². The van der Waals surface area contributed by atoms with Gasteiger partial charge in [-0.05, 0) is 49.0 Å². The molecule has 4 aliphatic rings. The number of carbonyl (C=O) groups excluding carboxylic acids is 6. The maximum absolute atomic E-state index is 12.2. The number of hydrogen-bond acceptors (Lipinski definition) is 24. The summed E-state index contributed by atoms with van der Waals surface area (Å²) in [4.78, 5) is 125. The number of methoxy groups -OCH3 is 2. The van der Waals surface area contributed by atoms with E-state index in [1.165, 1.54) is 78.4 Å². The van der Waals surface area contributed by atoms with Crippen molar-refractivity contribution < 1.29 is 107 Å². The number of aliphatic carboxylic acids is 3. The quantitative estimate of drug-likeness (QED) is 0.0285. The second-order valence-electron chi connectivity index (χ2n) is 19.9. The van der Waals surface area contributed by atoms with Crippen molar-refractivity contribution in [3.63, 3.8) is 0 Å². The number of aromatic amines is 1. The van der Waals surface area contributed by atoms with E-state index < -0.39 is 84.2 Å². The number of aromatic nitrogens is 1. The van der Waals surface area contributed by atoms with Crippen LogP contribution in [0.1, 0.15) is 137 Å². The number of rotatable bonds is 17. The molecule has 90 heavy (non-hydrogen) atoms. The van der Waals surface area contributed by atoms with E-state index in [0.717, 1.165) is 22.8 Å².